The molecule has 0 saturated carbocycles. The van der Waals surface area contributed by atoms with Crippen LogP contribution in [0.25, 0.3) is 0 Å². The van der Waals surface area contributed by atoms with E-state index < -0.39 is 0 Å². The normalized spacial score (nSPS) is 21.1. The van der Waals surface area contributed by atoms with Crippen LogP contribution in [0.15, 0.2) is 40.6 Å². The van der Waals surface area contributed by atoms with Gasteiger partial charge in [-0.1, -0.05) is 24.6 Å². The van der Waals surface area contributed by atoms with Gasteiger partial charge in [0.05, 0.1) is 22.9 Å². The number of aryl methyl sites for hydroxylation is 1. The van der Waals surface area contributed by atoms with E-state index in [-0.39, 0.29) is 17.5 Å². The highest BCUT2D eigenvalue weighted by Gasteiger charge is 2.37. The standard InChI is InChI=1S/C15H17NO2/c1-4-12(17)13-14(10(3)15(13)18)16-11-7-5-9(2)6-8-11/h5-8,10,18H,4H2,1-3H3. The van der Waals surface area contributed by atoms with Crippen molar-refractivity contribution in [1.82, 2.24) is 0 Å². The van der Waals surface area contributed by atoms with E-state index in [1.54, 1.807) is 6.92 Å². The molecule has 0 spiro atoms. The molecule has 1 aliphatic rings. The highest BCUT2D eigenvalue weighted by Crippen LogP contribution is 2.33. The molecule has 0 bridgehead atoms. The second-order valence-corrected chi connectivity index (χ2v) is 4.59. The van der Waals surface area contributed by atoms with Gasteiger partial charge in [0.15, 0.2) is 5.78 Å². The maximum Gasteiger partial charge on any atom is 0.167 e. The summed E-state index contributed by atoms with van der Waals surface area (Å²) < 4.78 is 0. The summed E-state index contributed by atoms with van der Waals surface area (Å²) in [5.74, 6) is -0.0130. The number of hydrogen-bond donors (Lipinski definition) is 1. The molecule has 2 rings (SSSR count). The predicted molar refractivity (Wildman–Crippen MR) is 72.4 cm³/mol. The Morgan fingerprint density at radius 1 is 1.33 bits per heavy atom. The Balaban J connectivity index is 2.34. The molecule has 0 fully saturated rings. The van der Waals surface area contributed by atoms with Crippen molar-refractivity contribution in [3.63, 3.8) is 0 Å². The van der Waals surface area contributed by atoms with Gasteiger partial charge in [0, 0.05) is 6.42 Å². The summed E-state index contributed by atoms with van der Waals surface area (Å²) in [6, 6.07) is 7.79. The van der Waals surface area contributed by atoms with Crippen LogP contribution in [0.4, 0.5) is 5.69 Å². The Bertz CT molecular complexity index is 538. The minimum atomic E-state index is -0.142. The number of allylic oxidation sites excluding steroid dienone is 2. The number of hydrogen-bond acceptors (Lipinski definition) is 3. The Morgan fingerprint density at radius 2 is 1.94 bits per heavy atom. The van der Waals surface area contributed by atoms with Crippen molar-refractivity contribution in [2.45, 2.75) is 27.2 Å². The van der Waals surface area contributed by atoms with Crippen LogP contribution in [-0.2, 0) is 4.79 Å². The molecule has 1 aromatic carbocycles. The van der Waals surface area contributed by atoms with Crippen molar-refractivity contribution in [2.24, 2.45) is 10.9 Å². The fourth-order valence-corrected chi connectivity index (χ4v) is 1.99. The van der Waals surface area contributed by atoms with Gasteiger partial charge in [0.1, 0.15) is 5.76 Å². The first kappa shape index (κ1) is 12.6. The van der Waals surface area contributed by atoms with Gasteiger partial charge in [-0.3, -0.25) is 9.79 Å². The fraction of sp³-hybridized carbons (Fsp3) is 0.333. The number of aliphatic hydroxyl groups excluding tert-OH is 1. The minimum Gasteiger partial charge on any atom is -0.511 e. The number of carbonyl (C=O) groups is 1. The zero-order valence-corrected chi connectivity index (χ0v) is 10.9. The third-order valence-corrected chi connectivity index (χ3v) is 3.22. The average molecular weight is 243 g/mol. The van der Waals surface area contributed by atoms with Crippen LogP contribution in [0.3, 0.4) is 0 Å². The van der Waals surface area contributed by atoms with Crippen LogP contribution in [0.5, 0.6) is 0 Å². The number of carbonyl (C=O) groups excluding carboxylic acids is 1. The molecular weight excluding hydrogens is 226 g/mol. The lowest BCUT2D eigenvalue weighted by Gasteiger charge is -2.27. The monoisotopic (exact) mass is 243 g/mol. The number of aliphatic hydroxyl groups is 1. The van der Waals surface area contributed by atoms with Crippen molar-refractivity contribution in [1.29, 1.82) is 0 Å². The number of nitrogens with zero attached hydrogens (tertiary/aromatic N) is 1. The molecule has 0 saturated heterocycles. The van der Waals surface area contributed by atoms with Gasteiger partial charge >= 0.3 is 0 Å². The van der Waals surface area contributed by atoms with Gasteiger partial charge in [0.25, 0.3) is 0 Å². The lowest BCUT2D eigenvalue weighted by atomic mass is 9.80. The third kappa shape index (κ3) is 2.08. The first-order valence-corrected chi connectivity index (χ1v) is 6.16. The molecule has 0 aliphatic heterocycles. The second-order valence-electron chi connectivity index (χ2n) is 4.59. The molecule has 0 aromatic heterocycles. The van der Waals surface area contributed by atoms with Gasteiger partial charge in [0.2, 0.25) is 0 Å². The largest absolute Gasteiger partial charge is 0.511 e. The Labute approximate surface area is 107 Å². The zero-order valence-electron chi connectivity index (χ0n) is 10.9. The van der Waals surface area contributed by atoms with E-state index in [2.05, 4.69) is 4.99 Å². The van der Waals surface area contributed by atoms with Gasteiger partial charge in [-0.15, -0.1) is 0 Å². The Kier molecular flexibility index (Phi) is 3.32. The van der Waals surface area contributed by atoms with E-state index in [4.69, 9.17) is 0 Å². The van der Waals surface area contributed by atoms with Crippen LogP contribution in [0, 0.1) is 12.8 Å². The smallest absolute Gasteiger partial charge is 0.167 e. The summed E-state index contributed by atoms with van der Waals surface area (Å²) in [4.78, 5) is 16.2. The minimum absolute atomic E-state index is 0.0449. The summed E-state index contributed by atoms with van der Waals surface area (Å²) in [5.41, 5.74) is 3.09. The first-order valence-electron chi connectivity index (χ1n) is 6.16. The van der Waals surface area contributed by atoms with E-state index in [1.807, 2.05) is 38.1 Å². The fourth-order valence-electron chi connectivity index (χ4n) is 1.99. The quantitative estimate of drug-likeness (QED) is 0.883. The molecule has 1 N–H and O–H groups in total. The molecule has 1 unspecified atom stereocenters. The summed E-state index contributed by atoms with van der Waals surface area (Å²) in [6.45, 7) is 5.66. The molecule has 3 nitrogen and oxygen atoms in total. The van der Waals surface area contributed by atoms with Crippen LogP contribution in [-0.4, -0.2) is 16.6 Å². The molecule has 0 amide bonds. The van der Waals surface area contributed by atoms with Crippen molar-refractivity contribution in [3.05, 3.63) is 41.2 Å². The van der Waals surface area contributed by atoms with Crippen LogP contribution >= 0.6 is 0 Å². The lowest BCUT2D eigenvalue weighted by Crippen LogP contribution is -2.33. The van der Waals surface area contributed by atoms with Crippen molar-refractivity contribution in [3.8, 4) is 0 Å². The third-order valence-electron chi connectivity index (χ3n) is 3.22. The van der Waals surface area contributed by atoms with Crippen molar-refractivity contribution in [2.75, 3.05) is 0 Å². The van der Waals surface area contributed by atoms with E-state index in [1.165, 1.54) is 5.56 Å². The second kappa shape index (κ2) is 4.77. The number of rotatable bonds is 3. The van der Waals surface area contributed by atoms with Crippen molar-refractivity contribution < 1.29 is 9.90 Å². The van der Waals surface area contributed by atoms with E-state index in [0.29, 0.717) is 17.7 Å². The zero-order chi connectivity index (χ0) is 13.3. The van der Waals surface area contributed by atoms with E-state index in [9.17, 15) is 9.90 Å². The predicted octanol–water partition coefficient (Wildman–Crippen LogP) is 3.51. The topological polar surface area (TPSA) is 49.7 Å². The first-order chi connectivity index (χ1) is 8.54. The van der Waals surface area contributed by atoms with Crippen LogP contribution in [0.1, 0.15) is 25.8 Å². The lowest BCUT2D eigenvalue weighted by molar-refractivity contribution is -0.115. The van der Waals surface area contributed by atoms with Gasteiger partial charge < -0.3 is 5.11 Å². The summed E-state index contributed by atoms with van der Waals surface area (Å²) in [6.07, 6.45) is 0.388. The van der Waals surface area contributed by atoms with Gasteiger partial charge in [-0.2, -0.15) is 0 Å². The maximum absolute atomic E-state index is 11.7. The average Bonchev–Trinajstić information content (AvgIpc) is 2.39. The Morgan fingerprint density at radius 3 is 2.50 bits per heavy atom. The van der Waals surface area contributed by atoms with Crippen LogP contribution < -0.4 is 0 Å². The number of aliphatic imine (C=N–C) groups is 1. The SMILES string of the molecule is CCC(=O)C1=C(O)C(C)C1=Nc1ccc(C)cc1. The molecule has 0 radical (unpaired) electrons. The number of ketones is 1. The summed E-state index contributed by atoms with van der Waals surface area (Å²) >= 11 is 0. The molecule has 1 aromatic rings. The number of benzene rings is 1. The Hall–Kier alpha value is -1.90. The summed E-state index contributed by atoms with van der Waals surface area (Å²) in [7, 11) is 0. The highest BCUT2D eigenvalue weighted by atomic mass is 16.3. The molecular formula is C15H17NO2. The van der Waals surface area contributed by atoms with Gasteiger partial charge in [-0.25, -0.2) is 0 Å². The van der Waals surface area contributed by atoms with E-state index >= 15 is 0 Å². The van der Waals surface area contributed by atoms with Gasteiger partial charge in [-0.05, 0) is 26.0 Å². The highest BCUT2D eigenvalue weighted by molar-refractivity contribution is 6.29. The maximum atomic E-state index is 11.7. The molecule has 3 heteroatoms. The summed E-state index contributed by atoms with van der Waals surface area (Å²) in [5, 5.41) is 9.75. The molecule has 1 atom stereocenters. The molecule has 1 aliphatic carbocycles. The van der Waals surface area contributed by atoms with Crippen LogP contribution in [0.2, 0.25) is 0 Å². The van der Waals surface area contributed by atoms with E-state index in [0.717, 1.165) is 5.69 Å². The number of Topliss-reactive ketones (excluding diaryl/α,β-unsaturated/α-hetero) is 1. The van der Waals surface area contributed by atoms with Crippen molar-refractivity contribution >= 4 is 17.2 Å². The molecule has 0 heterocycles. The molecule has 94 valence electrons. The molecule has 18 heavy (non-hydrogen) atoms.